The van der Waals surface area contributed by atoms with Crippen molar-refractivity contribution < 1.29 is 24.2 Å². The molecule has 1 rings (SSSR count). The van der Waals surface area contributed by atoms with Crippen molar-refractivity contribution in [2.45, 2.75) is 19.5 Å². The smallest absolute Gasteiger partial charge is 0.354 e. The van der Waals surface area contributed by atoms with Gasteiger partial charge in [-0.2, -0.15) is 0 Å². The number of aliphatic carboxylic acids is 1. The monoisotopic (exact) mass is 294 g/mol. The first kappa shape index (κ1) is 16.6. The summed E-state index contributed by atoms with van der Waals surface area (Å²) in [4.78, 5) is 26.6. The molecule has 1 aromatic rings. The van der Waals surface area contributed by atoms with E-state index in [1.54, 1.807) is 31.2 Å². The van der Waals surface area contributed by atoms with E-state index in [1.807, 2.05) is 0 Å². The van der Waals surface area contributed by atoms with Crippen molar-refractivity contribution >= 4 is 17.7 Å². The Morgan fingerprint density at radius 1 is 1.43 bits per heavy atom. The second-order valence-corrected chi connectivity index (χ2v) is 4.09. The Labute approximate surface area is 122 Å². The van der Waals surface area contributed by atoms with Crippen LogP contribution in [0, 0.1) is 0 Å². The fourth-order valence-electron chi connectivity index (χ4n) is 1.56. The molecule has 0 saturated heterocycles. The van der Waals surface area contributed by atoms with Gasteiger partial charge in [0.05, 0.1) is 20.3 Å². The third-order valence-corrected chi connectivity index (χ3v) is 2.61. The van der Waals surface area contributed by atoms with Crippen LogP contribution in [0.15, 0.2) is 29.3 Å². The van der Waals surface area contributed by atoms with Gasteiger partial charge in [0.2, 0.25) is 0 Å². The number of carbonyl (C=O) groups excluding carboxylic acids is 1. The molecule has 0 fully saturated rings. The summed E-state index contributed by atoms with van der Waals surface area (Å²) in [6, 6.07) is 5.53. The van der Waals surface area contributed by atoms with E-state index in [9.17, 15) is 9.59 Å². The third-order valence-electron chi connectivity index (χ3n) is 2.61. The van der Waals surface area contributed by atoms with Crippen molar-refractivity contribution in [3.8, 4) is 5.75 Å². The Bertz CT molecular complexity index is 542. The standard InChI is InChI=1S/C14H18N2O5/c1-3-21-14(19)12(11(15)13(17)18)16-8-9-5-4-6-10(7-9)20-2/h4-7,11H,3,8,15H2,1-2H3,(H,17,18). The highest BCUT2D eigenvalue weighted by Crippen LogP contribution is 2.13. The number of nitrogens with two attached hydrogens (primary N) is 1. The molecule has 0 spiro atoms. The fraction of sp³-hybridized carbons (Fsp3) is 0.357. The molecule has 21 heavy (non-hydrogen) atoms. The number of nitrogens with zero attached hydrogens (tertiary/aromatic N) is 1. The van der Waals surface area contributed by atoms with E-state index in [0.29, 0.717) is 5.75 Å². The summed E-state index contributed by atoms with van der Waals surface area (Å²) >= 11 is 0. The Hall–Kier alpha value is -2.41. The van der Waals surface area contributed by atoms with Crippen LogP contribution < -0.4 is 10.5 Å². The molecule has 0 amide bonds. The highest BCUT2D eigenvalue weighted by molar-refractivity contribution is 6.42. The van der Waals surface area contributed by atoms with E-state index in [1.165, 1.54) is 7.11 Å². The van der Waals surface area contributed by atoms with Gasteiger partial charge < -0.3 is 20.3 Å². The van der Waals surface area contributed by atoms with Crippen molar-refractivity contribution in [2.24, 2.45) is 10.7 Å². The number of rotatable bonds is 7. The number of esters is 1. The van der Waals surface area contributed by atoms with Crippen molar-refractivity contribution in [3.05, 3.63) is 29.8 Å². The lowest BCUT2D eigenvalue weighted by Crippen LogP contribution is -2.43. The van der Waals surface area contributed by atoms with Crippen LogP contribution in [0.2, 0.25) is 0 Å². The van der Waals surface area contributed by atoms with E-state index >= 15 is 0 Å². The molecule has 0 aliphatic carbocycles. The van der Waals surface area contributed by atoms with E-state index in [-0.39, 0.29) is 18.9 Å². The van der Waals surface area contributed by atoms with Gasteiger partial charge in [0.1, 0.15) is 11.5 Å². The molecule has 7 heteroatoms. The van der Waals surface area contributed by atoms with Crippen LogP contribution in [-0.2, 0) is 20.9 Å². The molecule has 0 saturated carbocycles. The van der Waals surface area contributed by atoms with Crippen LogP contribution >= 0.6 is 0 Å². The quantitative estimate of drug-likeness (QED) is 0.563. The van der Waals surface area contributed by atoms with E-state index in [2.05, 4.69) is 4.99 Å². The Morgan fingerprint density at radius 2 is 2.14 bits per heavy atom. The molecular weight excluding hydrogens is 276 g/mol. The van der Waals surface area contributed by atoms with Gasteiger partial charge in [-0.15, -0.1) is 0 Å². The molecule has 3 N–H and O–H groups in total. The highest BCUT2D eigenvalue weighted by Gasteiger charge is 2.26. The molecule has 0 bridgehead atoms. The zero-order valence-electron chi connectivity index (χ0n) is 11.9. The van der Waals surface area contributed by atoms with Crippen molar-refractivity contribution in [1.82, 2.24) is 0 Å². The van der Waals surface area contributed by atoms with Crippen molar-refractivity contribution in [2.75, 3.05) is 13.7 Å². The minimum atomic E-state index is -1.52. The lowest BCUT2D eigenvalue weighted by molar-refractivity contribution is -0.140. The summed E-state index contributed by atoms with van der Waals surface area (Å²) in [6.07, 6.45) is 0. The maximum Gasteiger partial charge on any atom is 0.354 e. The summed E-state index contributed by atoms with van der Waals surface area (Å²) in [5.41, 5.74) is 5.90. The van der Waals surface area contributed by atoms with Crippen LogP contribution in [0.4, 0.5) is 0 Å². The van der Waals surface area contributed by atoms with Gasteiger partial charge in [-0.05, 0) is 24.6 Å². The maximum atomic E-state index is 11.7. The van der Waals surface area contributed by atoms with Crippen LogP contribution in [-0.4, -0.2) is 42.5 Å². The highest BCUT2D eigenvalue weighted by atomic mass is 16.5. The predicted molar refractivity (Wildman–Crippen MR) is 76.4 cm³/mol. The SMILES string of the molecule is CCOC(=O)C(=NCc1cccc(OC)c1)C(N)C(=O)O. The van der Waals surface area contributed by atoms with Gasteiger partial charge in [0, 0.05) is 0 Å². The molecule has 1 atom stereocenters. The Morgan fingerprint density at radius 3 is 2.71 bits per heavy atom. The summed E-state index contributed by atoms with van der Waals surface area (Å²) < 4.78 is 9.85. The first-order valence-corrected chi connectivity index (χ1v) is 6.32. The summed E-state index contributed by atoms with van der Waals surface area (Å²) in [5, 5.41) is 8.92. The van der Waals surface area contributed by atoms with Gasteiger partial charge in [-0.1, -0.05) is 12.1 Å². The Balaban J connectivity index is 2.96. The van der Waals surface area contributed by atoms with Crippen LogP contribution in [0.5, 0.6) is 5.75 Å². The van der Waals surface area contributed by atoms with Crippen LogP contribution in [0.25, 0.3) is 0 Å². The zero-order valence-corrected chi connectivity index (χ0v) is 11.9. The molecular formula is C14H18N2O5. The van der Waals surface area contributed by atoms with E-state index in [0.717, 1.165) is 5.56 Å². The number of carboxylic acid groups (broad SMARTS) is 1. The number of methoxy groups -OCH3 is 1. The minimum absolute atomic E-state index is 0.103. The number of aliphatic imine (C=N–C) groups is 1. The van der Waals surface area contributed by atoms with Crippen molar-refractivity contribution in [1.29, 1.82) is 0 Å². The molecule has 0 aliphatic heterocycles. The van der Waals surface area contributed by atoms with E-state index < -0.39 is 18.0 Å². The number of carbonyl (C=O) groups is 2. The average Bonchev–Trinajstić information content (AvgIpc) is 2.47. The number of benzene rings is 1. The molecule has 0 radical (unpaired) electrons. The topological polar surface area (TPSA) is 111 Å². The van der Waals surface area contributed by atoms with Gasteiger partial charge in [-0.3, -0.25) is 9.79 Å². The van der Waals surface area contributed by atoms with Gasteiger partial charge in [0.15, 0.2) is 6.04 Å². The zero-order chi connectivity index (χ0) is 15.8. The van der Waals surface area contributed by atoms with Crippen molar-refractivity contribution in [3.63, 3.8) is 0 Å². The number of hydrogen-bond donors (Lipinski definition) is 2. The first-order valence-electron chi connectivity index (χ1n) is 6.32. The molecule has 0 aliphatic rings. The lowest BCUT2D eigenvalue weighted by Gasteiger charge is -2.10. The minimum Gasteiger partial charge on any atom is -0.497 e. The van der Waals surface area contributed by atoms with E-state index in [4.69, 9.17) is 20.3 Å². The number of carboxylic acids is 1. The molecule has 114 valence electrons. The first-order chi connectivity index (χ1) is 9.99. The summed E-state index contributed by atoms with van der Waals surface area (Å²) in [7, 11) is 1.53. The van der Waals surface area contributed by atoms with Gasteiger partial charge >= 0.3 is 11.9 Å². The molecule has 1 aromatic carbocycles. The second kappa shape index (κ2) is 8.01. The number of ether oxygens (including phenoxy) is 2. The largest absolute Gasteiger partial charge is 0.497 e. The summed E-state index contributed by atoms with van der Waals surface area (Å²) in [5.74, 6) is -1.52. The fourth-order valence-corrected chi connectivity index (χ4v) is 1.56. The molecule has 0 aromatic heterocycles. The second-order valence-electron chi connectivity index (χ2n) is 4.09. The maximum absolute atomic E-state index is 11.7. The normalized spacial score (nSPS) is 12.6. The number of hydrogen-bond acceptors (Lipinski definition) is 6. The van der Waals surface area contributed by atoms with Crippen LogP contribution in [0.1, 0.15) is 12.5 Å². The van der Waals surface area contributed by atoms with Gasteiger partial charge in [0.25, 0.3) is 0 Å². The molecule has 1 unspecified atom stereocenters. The lowest BCUT2D eigenvalue weighted by atomic mass is 10.1. The summed E-state index contributed by atoms with van der Waals surface area (Å²) in [6.45, 7) is 1.83. The van der Waals surface area contributed by atoms with Crippen LogP contribution in [0.3, 0.4) is 0 Å². The molecule has 0 heterocycles. The van der Waals surface area contributed by atoms with Gasteiger partial charge in [-0.25, -0.2) is 4.79 Å². The third kappa shape index (κ3) is 4.88. The molecule has 7 nitrogen and oxygen atoms in total. The average molecular weight is 294 g/mol. The predicted octanol–water partition coefficient (Wildman–Crippen LogP) is 0.611. The Kier molecular flexibility index (Phi) is 6.35.